The van der Waals surface area contributed by atoms with Gasteiger partial charge in [0.05, 0.1) is 18.6 Å². The zero-order chi connectivity index (χ0) is 15.8. The minimum Gasteiger partial charge on any atom is -0.236 e. The van der Waals surface area contributed by atoms with Crippen LogP contribution in [0.2, 0.25) is 0 Å². The van der Waals surface area contributed by atoms with Crippen LogP contribution in [0.25, 0.3) is 28.0 Å². The first-order valence-electron chi connectivity index (χ1n) is 7.87. The predicted molar refractivity (Wildman–Crippen MR) is 94.6 cm³/mol. The van der Waals surface area contributed by atoms with Crippen molar-refractivity contribution >= 4 is 11.0 Å². The Morgan fingerprint density at radius 3 is 2.35 bits per heavy atom. The second kappa shape index (κ2) is 5.40. The number of hydrogen-bond donors (Lipinski definition) is 0. The van der Waals surface area contributed by atoms with Gasteiger partial charge >= 0.3 is 0 Å². The lowest BCUT2D eigenvalue weighted by Crippen LogP contribution is -2.30. The molecule has 0 atom stereocenters. The highest BCUT2D eigenvalue weighted by Crippen LogP contribution is 2.30. The molecule has 0 bridgehead atoms. The van der Waals surface area contributed by atoms with Gasteiger partial charge < -0.3 is 0 Å². The molecule has 0 saturated carbocycles. The van der Waals surface area contributed by atoms with Crippen molar-refractivity contribution < 1.29 is 4.57 Å². The minimum atomic E-state index is 1.21. The van der Waals surface area contributed by atoms with Gasteiger partial charge in [-0.1, -0.05) is 48.5 Å². The average molecular weight is 299 g/mol. The normalized spacial score (nSPS) is 11.0. The second-order valence-corrected chi connectivity index (χ2v) is 5.92. The summed E-state index contributed by atoms with van der Waals surface area (Å²) in [5, 5.41) is 1.25. The molecule has 0 spiro atoms. The Morgan fingerprint density at radius 1 is 0.826 bits per heavy atom. The minimum absolute atomic E-state index is 1.21. The maximum absolute atomic E-state index is 2.36. The first-order chi connectivity index (χ1) is 11.3. The van der Waals surface area contributed by atoms with Crippen molar-refractivity contribution in [3.05, 3.63) is 84.6 Å². The largest absolute Gasteiger partial charge is 0.294 e. The predicted octanol–water partition coefficient (Wildman–Crippen LogP) is 4.43. The van der Waals surface area contributed by atoms with Crippen LogP contribution in [-0.4, -0.2) is 4.57 Å². The SMILES string of the molecule is Cc1ccccc1-n1c(-c2ccccc2)cc2ccc[n+](C)c21. The summed E-state index contributed by atoms with van der Waals surface area (Å²) in [6.45, 7) is 2.17. The highest BCUT2D eigenvalue weighted by atomic mass is 15.1. The van der Waals surface area contributed by atoms with E-state index in [1.54, 1.807) is 0 Å². The van der Waals surface area contributed by atoms with Crippen molar-refractivity contribution in [1.82, 2.24) is 4.57 Å². The zero-order valence-corrected chi connectivity index (χ0v) is 13.4. The molecule has 0 radical (unpaired) electrons. The summed E-state index contributed by atoms with van der Waals surface area (Å²) in [5.41, 5.74) is 6.15. The molecule has 112 valence electrons. The quantitative estimate of drug-likeness (QED) is 0.484. The smallest absolute Gasteiger partial charge is 0.236 e. The Morgan fingerprint density at radius 2 is 1.57 bits per heavy atom. The maximum Gasteiger partial charge on any atom is 0.294 e. The molecule has 0 aliphatic heterocycles. The van der Waals surface area contributed by atoms with Crippen molar-refractivity contribution in [2.24, 2.45) is 7.05 Å². The van der Waals surface area contributed by atoms with E-state index in [9.17, 15) is 0 Å². The molecule has 0 unspecified atom stereocenters. The van der Waals surface area contributed by atoms with Crippen molar-refractivity contribution in [3.63, 3.8) is 0 Å². The molecule has 2 heterocycles. The lowest BCUT2D eigenvalue weighted by Gasteiger charge is -2.08. The molecule has 0 N–H and O–H groups in total. The fourth-order valence-electron chi connectivity index (χ4n) is 3.23. The average Bonchev–Trinajstić information content (AvgIpc) is 2.97. The van der Waals surface area contributed by atoms with E-state index < -0.39 is 0 Å². The third kappa shape index (κ3) is 2.23. The van der Waals surface area contributed by atoms with Crippen molar-refractivity contribution in [1.29, 1.82) is 0 Å². The van der Waals surface area contributed by atoms with Crippen molar-refractivity contribution in [2.45, 2.75) is 6.92 Å². The molecule has 2 nitrogen and oxygen atoms in total. The summed E-state index contributed by atoms with van der Waals surface area (Å²) in [6.07, 6.45) is 2.10. The number of para-hydroxylation sites is 1. The third-order valence-electron chi connectivity index (χ3n) is 4.35. The van der Waals surface area contributed by atoms with Crippen molar-refractivity contribution in [2.75, 3.05) is 0 Å². The van der Waals surface area contributed by atoms with Gasteiger partial charge in [0.1, 0.15) is 11.4 Å². The molecule has 2 aromatic carbocycles. The number of pyridine rings is 1. The molecule has 0 saturated heterocycles. The van der Waals surface area contributed by atoms with E-state index >= 15 is 0 Å². The molecule has 2 aromatic heterocycles. The molecule has 0 aliphatic rings. The van der Waals surface area contributed by atoms with Gasteiger partial charge in [0.15, 0.2) is 0 Å². The van der Waals surface area contributed by atoms with Crippen LogP contribution in [-0.2, 0) is 7.05 Å². The molecule has 0 amide bonds. The summed E-state index contributed by atoms with van der Waals surface area (Å²) in [4.78, 5) is 0. The summed E-state index contributed by atoms with van der Waals surface area (Å²) in [5.74, 6) is 0. The van der Waals surface area contributed by atoms with Gasteiger partial charge in [-0.3, -0.25) is 0 Å². The van der Waals surface area contributed by atoms with Crippen molar-refractivity contribution in [3.8, 4) is 16.9 Å². The molecule has 23 heavy (non-hydrogen) atoms. The monoisotopic (exact) mass is 299 g/mol. The lowest BCUT2D eigenvalue weighted by atomic mass is 10.1. The molecule has 2 heteroatoms. The molecule has 0 fully saturated rings. The van der Waals surface area contributed by atoms with Crippen LogP contribution in [0.1, 0.15) is 5.56 Å². The summed E-state index contributed by atoms with van der Waals surface area (Å²) >= 11 is 0. The highest BCUT2D eigenvalue weighted by molar-refractivity contribution is 5.84. The van der Waals surface area contributed by atoms with E-state index in [2.05, 4.69) is 102 Å². The van der Waals surface area contributed by atoms with E-state index in [1.165, 1.54) is 33.5 Å². The summed E-state index contributed by atoms with van der Waals surface area (Å²) in [7, 11) is 2.10. The van der Waals surface area contributed by atoms with Crippen LogP contribution < -0.4 is 4.57 Å². The second-order valence-electron chi connectivity index (χ2n) is 5.92. The summed E-state index contributed by atoms with van der Waals surface area (Å²) < 4.78 is 4.55. The molecule has 4 aromatic rings. The maximum atomic E-state index is 2.36. The number of rotatable bonds is 2. The van der Waals surface area contributed by atoms with E-state index in [0.717, 1.165) is 0 Å². The lowest BCUT2D eigenvalue weighted by molar-refractivity contribution is -0.647. The molecule has 0 aliphatic carbocycles. The Bertz CT molecular complexity index is 981. The van der Waals surface area contributed by atoms with Gasteiger partial charge in [-0.2, -0.15) is 4.57 Å². The van der Waals surface area contributed by atoms with Crippen LogP contribution >= 0.6 is 0 Å². The number of hydrogen-bond acceptors (Lipinski definition) is 0. The van der Waals surface area contributed by atoms with Crippen LogP contribution in [0.3, 0.4) is 0 Å². The highest BCUT2D eigenvalue weighted by Gasteiger charge is 2.22. The van der Waals surface area contributed by atoms with Gasteiger partial charge in [-0.15, -0.1) is 0 Å². The molecular formula is C21H19N2+. The number of aryl methyl sites for hydroxylation is 2. The number of nitrogens with zero attached hydrogens (tertiary/aromatic N) is 2. The Hall–Kier alpha value is -2.87. The van der Waals surface area contributed by atoms with E-state index in [1.807, 2.05) is 0 Å². The topological polar surface area (TPSA) is 8.81 Å². The summed E-state index contributed by atoms with van der Waals surface area (Å²) in [6, 6.07) is 25.7. The molecular weight excluding hydrogens is 280 g/mol. The Labute approximate surface area is 136 Å². The van der Waals surface area contributed by atoms with Gasteiger partial charge in [-0.05, 0) is 30.7 Å². The number of fused-ring (bicyclic) bond motifs is 1. The van der Waals surface area contributed by atoms with Gasteiger partial charge in [0.25, 0.3) is 5.65 Å². The van der Waals surface area contributed by atoms with E-state index in [-0.39, 0.29) is 0 Å². The fourth-order valence-corrected chi connectivity index (χ4v) is 3.23. The van der Waals surface area contributed by atoms with E-state index in [4.69, 9.17) is 0 Å². The Kier molecular flexibility index (Phi) is 3.23. The number of aromatic nitrogens is 2. The van der Waals surface area contributed by atoms with Gasteiger partial charge in [0.2, 0.25) is 0 Å². The zero-order valence-electron chi connectivity index (χ0n) is 13.4. The molecule has 4 rings (SSSR count). The van der Waals surface area contributed by atoms with Crippen LogP contribution in [0, 0.1) is 6.92 Å². The fraction of sp³-hybridized carbons (Fsp3) is 0.0952. The first kappa shape index (κ1) is 13.8. The first-order valence-corrected chi connectivity index (χ1v) is 7.87. The third-order valence-corrected chi connectivity index (χ3v) is 4.35. The van der Waals surface area contributed by atoms with Gasteiger partial charge in [0, 0.05) is 11.6 Å². The van der Waals surface area contributed by atoms with Crippen LogP contribution in [0.5, 0.6) is 0 Å². The van der Waals surface area contributed by atoms with Crippen LogP contribution in [0.4, 0.5) is 0 Å². The standard InChI is InChI=1S/C21H19N2/c1-16-9-6-7-13-19(16)23-20(17-10-4-3-5-11-17)15-18-12-8-14-22(2)21(18)23/h3-15H,1-2H3/q+1. The number of benzene rings is 2. The Balaban J connectivity index is 2.14. The van der Waals surface area contributed by atoms with Crippen LogP contribution in [0.15, 0.2) is 79.0 Å². The van der Waals surface area contributed by atoms with Gasteiger partial charge in [-0.25, -0.2) is 4.57 Å². The van der Waals surface area contributed by atoms with E-state index in [0.29, 0.717) is 0 Å².